The van der Waals surface area contributed by atoms with E-state index in [1.807, 2.05) is 90.9 Å². The number of halogens is 1. The van der Waals surface area contributed by atoms with E-state index in [1.54, 1.807) is 0 Å². The Balaban J connectivity index is 2.25. The molecule has 0 saturated heterocycles. The summed E-state index contributed by atoms with van der Waals surface area (Å²) >= 11 is 6.19. The normalized spacial score (nSPS) is 13.1. The summed E-state index contributed by atoms with van der Waals surface area (Å²) in [5.74, 6) is 5.90. The van der Waals surface area contributed by atoms with Gasteiger partial charge in [-0.1, -0.05) is 23.7 Å². The van der Waals surface area contributed by atoms with E-state index in [0.717, 1.165) is 33.2 Å². The van der Waals surface area contributed by atoms with E-state index in [2.05, 4.69) is 10.4 Å². The zero-order valence-corrected chi connectivity index (χ0v) is 21.7. The van der Waals surface area contributed by atoms with Gasteiger partial charge in [0.1, 0.15) is 18.5 Å². The summed E-state index contributed by atoms with van der Waals surface area (Å²) in [6.07, 6.45) is -0.492. The lowest BCUT2D eigenvalue weighted by Gasteiger charge is -2.31. The number of nitrogens with zero attached hydrogens (tertiary/aromatic N) is 1. The molecule has 1 heterocycles. The number of esters is 1. The van der Waals surface area contributed by atoms with Crippen LogP contribution in [0.1, 0.15) is 58.8 Å². The number of anilines is 1. The minimum Gasteiger partial charge on any atom is -0.462 e. The van der Waals surface area contributed by atoms with Crippen LogP contribution in [0.5, 0.6) is 0 Å². The number of nitrogens with one attached hydrogen (secondary N) is 1. The number of rotatable bonds is 6. The van der Waals surface area contributed by atoms with Crippen LogP contribution in [0.4, 0.5) is 5.82 Å². The molecule has 0 amide bonds. The number of aryl methyl sites for hydroxylation is 1. The SMILES string of the molecule is Cc1cc2nc(NN)ccc2c(-c2ccc(Cl)cc2)c1[C@H](COC(=O)C(C)(C)C)OC(C)(C)C. The number of carbonyl (C=O) groups excluding carboxylic acids is 1. The molecule has 0 aliphatic heterocycles. The molecule has 0 aliphatic rings. The number of benzene rings is 2. The number of carbonyl (C=O) groups is 1. The fourth-order valence-corrected chi connectivity index (χ4v) is 3.94. The lowest BCUT2D eigenvalue weighted by atomic mass is 9.88. The molecule has 3 rings (SSSR count). The molecule has 34 heavy (non-hydrogen) atoms. The Morgan fingerprint density at radius 1 is 1.09 bits per heavy atom. The predicted molar refractivity (Wildman–Crippen MR) is 139 cm³/mol. The number of nitrogen functional groups attached to an aromatic ring is 1. The number of pyridine rings is 1. The van der Waals surface area contributed by atoms with Gasteiger partial charge in [-0.3, -0.25) is 4.79 Å². The fourth-order valence-electron chi connectivity index (χ4n) is 3.82. The summed E-state index contributed by atoms with van der Waals surface area (Å²) in [6, 6.07) is 13.5. The molecule has 6 nitrogen and oxygen atoms in total. The van der Waals surface area contributed by atoms with Gasteiger partial charge in [0.25, 0.3) is 0 Å². The molecule has 7 heteroatoms. The third-order valence-corrected chi connectivity index (χ3v) is 5.57. The van der Waals surface area contributed by atoms with Gasteiger partial charge in [-0.15, -0.1) is 0 Å². The summed E-state index contributed by atoms with van der Waals surface area (Å²) in [5.41, 5.74) is 6.17. The number of hydrogen-bond acceptors (Lipinski definition) is 6. The Morgan fingerprint density at radius 3 is 2.29 bits per heavy atom. The first-order chi connectivity index (χ1) is 15.8. The van der Waals surface area contributed by atoms with Crippen LogP contribution in [-0.2, 0) is 14.3 Å². The molecular formula is C27H34ClN3O3. The van der Waals surface area contributed by atoms with Gasteiger partial charge in [-0.05, 0) is 101 Å². The topological polar surface area (TPSA) is 86.5 Å². The Hall–Kier alpha value is -2.67. The number of aromatic nitrogens is 1. The average molecular weight is 484 g/mol. The molecule has 0 aliphatic carbocycles. The Labute approximate surface area is 206 Å². The van der Waals surface area contributed by atoms with Crippen molar-refractivity contribution in [2.45, 2.75) is 60.2 Å². The summed E-state index contributed by atoms with van der Waals surface area (Å²) < 4.78 is 12.2. The van der Waals surface area contributed by atoms with Crippen LogP contribution in [0.15, 0.2) is 42.5 Å². The van der Waals surface area contributed by atoms with Crippen LogP contribution in [0.25, 0.3) is 22.0 Å². The molecule has 1 aromatic heterocycles. The second-order valence-corrected chi connectivity index (χ2v) is 10.9. The molecule has 0 radical (unpaired) electrons. The predicted octanol–water partition coefficient (Wildman–Crippen LogP) is 6.59. The molecule has 0 saturated carbocycles. The maximum Gasteiger partial charge on any atom is 0.311 e. The van der Waals surface area contributed by atoms with Crippen molar-refractivity contribution in [1.29, 1.82) is 0 Å². The number of ether oxygens (including phenoxy) is 2. The monoisotopic (exact) mass is 483 g/mol. The smallest absolute Gasteiger partial charge is 0.311 e. The molecular weight excluding hydrogens is 450 g/mol. The van der Waals surface area contributed by atoms with E-state index in [1.165, 1.54) is 0 Å². The highest BCUT2D eigenvalue weighted by Crippen LogP contribution is 2.41. The van der Waals surface area contributed by atoms with E-state index in [9.17, 15) is 4.79 Å². The van der Waals surface area contributed by atoms with E-state index in [-0.39, 0.29) is 12.6 Å². The fraction of sp³-hybridized carbons (Fsp3) is 0.407. The largest absolute Gasteiger partial charge is 0.462 e. The van der Waals surface area contributed by atoms with Crippen molar-refractivity contribution in [3.8, 4) is 11.1 Å². The van der Waals surface area contributed by atoms with Gasteiger partial charge in [0, 0.05) is 10.4 Å². The van der Waals surface area contributed by atoms with Gasteiger partial charge in [0.05, 0.1) is 16.5 Å². The third kappa shape index (κ3) is 6.06. The number of fused-ring (bicyclic) bond motifs is 1. The zero-order chi connectivity index (χ0) is 25.3. The van der Waals surface area contributed by atoms with Crippen molar-refractivity contribution in [3.05, 3.63) is 58.6 Å². The highest BCUT2D eigenvalue weighted by Gasteiger charge is 2.30. The highest BCUT2D eigenvalue weighted by atomic mass is 35.5. The Kier molecular flexibility index (Phi) is 7.56. The minimum absolute atomic E-state index is 0.0934. The summed E-state index contributed by atoms with van der Waals surface area (Å²) in [4.78, 5) is 17.3. The van der Waals surface area contributed by atoms with Gasteiger partial charge in [-0.25, -0.2) is 10.8 Å². The van der Waals surface area contributed by atoms with E-state index < -0.39 is 17.1 Å². The molecule has 182 valence electrons. The average Bonchev–Trinajstić information content (AvgIpc) is 2.74. The highest BCUT2D eigenvalue weighted by molar-refractivity contribution is 6.30. The molecule has 1 atom stereocenters. The van der Waals surface area contributed by atoms with Crippen molar-refractivity contribution in [3.63, 3.8) is 0 Å². The van der Waals surface area contributed by atoms with Gasteiger partial charge in [0.15, 0.2) is 0 Å². The minimum atomic E-state index is -0.612. The molecule has 0 unspecified atom stereocenters. The molecule has 0 bridgehead atoms. The van der Waals surface area contributed by atoms with E-state index >= 15 is 0 Å². The molecule has 3 aromatic rings. The second kappa shape index (κ2) is 9.90. The first-order valence-electron chi connectivity index (χ1n) is 11.3. The lowest BCUT2D eigenvalue weighted by molar-refractivity contribution is -0.162. The van der Waals surface area contributed by atoms with Crippen molar-refractivity contribution >= 4 is 34.3 Å². The third-order valence-electron chi connectivity index (χ3n) is 5.32. The summed E-state index contributed by atoms with van der Waals surface area (Å²) in [6.45, 7) is 13.6. The molecule has 0 spiro atoms. The van der Waals surface area contributed by atoms with E-state index in [4.69, 9.17) is 26.9 Å². The van der Waals surface area contributed by atoms with Crippen molar-refractivity contribution in [2.75, 3.05) is 12.0 Å². The Bertz CT molecular complexity index is 1180. The van der Waals surface area contributed by atoms with Crippen LogP contribution in [0.3, 0.4) is 0 Å². The summed E-state index contributed by atoms with van der Waals surface area (Å²) in [7, 11) is 0. The van der Waals surface area contributed by atoms with Crippen molar-refractivity contribution in [2.24, 2.45) is 11.3 Å². The quantitative estimate of drug-likeness (QED) is 0.233. The molecule has 3 N–H and O–H groups in total. The van der Waals surface area contributed by atoms with Crippen LogP contribution in [0, 0.1) is 12.3 Å². The standard InChI is InChI=1S/C27H34ClN3O3/c1-16-14-20-19(12-13-22(30-20)31-29)24(17-8-10-18(28)11-9-17)23(16)21(34-27(5,6)7)15-33-25(32)26(2,3)4/h8-14,21H,15,29H2,1-7H3,(H,30,31)/t21-/m0/s1. The first kappa shape index (κ1) is 25.9. The van der Waals surface area contributed by atoms with Crippen LogP contribution in [0.2, 0.25) is 5.02 Å². The molecule has 2 aromatic carbocycles. The van der Waals surface area contributed by atoms with Gasteiger partial charge in [0.2, 0.25) is 0 Å². The number of hydrogen-bond donors (Lipinski definition) is 2. The number of hydrazine groups is 1. The van der Waals surface area contributed by atoms with Gasteiger partial charge < -0.3 is 14.9 Å². The van der Waals surface area contributed by atoms with Crippen LogP contribution >= 0.6 is 11.6 Å². The first-order valence-corrected chi connectivity index (χ1v) is 11.7. The molecule has 0 fully saturated rings. The maximum atomic E-state index is 12.6. The lowest BCUT2D eigenvalue weighted by Crippen LogP contribution is -2.30. The Morgan fingerprint density at radius 2 is 1.74 bits per heavy atom. The van der Waals surface area contributed by atoms with Crippen LogP contribution in [-0.4, -0.2) is 23.2 Å². The van der Waals surface area contributed by atoms with Crippen molar-refractivity contribution < 1.29 is 14.3 Å². The van der Waals surface area contributed by atoms with Gasteiger partial charge >= 0.3 is 5.97 Å². The van der Waals surface area contributed by atoms with E-state index in [0.29, 0.717) is 10.8 Å². The van der Waals surface area contributed by atoms with Crippen molar-refractivity contribution in [1.82, 2.24) is 4.98 Å². The number of nitrogens with two attached hydrogens (primary N) is 1. The van der Waals surface area contributed by atoms with Crippen LogP contribution < -0.4 is 11.3 Å². The summed E-state index contributed by atoms with van der Waals surface area (Å²) in [5, 5.41) is 1.59. The van der Waals surface area contributed by atoms with Gasteiger partial charge in [-0.2, -0.15) is 0 Å². The second-order valence-electron chi connectivity index (χ2n) is 10.5. The zero-order valence-electron chi connectivity index (χ0n) is 21.0. The maximum absolute atomic E-state index is 12.6.